The van der Waals surface area contributed by atoms with E-state index in [4.69, 9.17) is 47.1 Å². The summed E-state index contributed by atoms with van der Waals surface area (Å²) in [5, 5.41) is 8.18. The van der Waals surface area contributed by atoms with E-state index in [1.54, 1.807) is 0 Å². The predicted molar refractivity (Wildman–Crippen MR) is 234 cm³/mol. The van der Waals surface area contributed by atoms with Gasteiger partial charge < -0.3 is 49.3 Å². The van der Waals surface area contributed by atoms with Crippen molar-refractivity contribution in [3.8, 4) is 23.1 Å². The number of hydrogen-bond donors (Lipinski definition) is 4. The summed E-state index contributed by atoms with van der Waals surface area (Å²) in [7, 11) is 2.60. The maximum absolute atomic E-state index is 14.3. The number of nitrogens with one attached hydrogen (secondary N) is 4. The number of rotatable bonds is 9. The van der Waals surface area contributed by atoms with Crippen LogP contribution in [0.25, 0.3) is 22.0 Å². The number of fused-ring (bicyclic) bond motifs is 3. The second-order valence-electron chi connectivity index (χ2n) is 17.8. The van der Waals surface area contributed by atoms with Crippen LogP contribution in [0.15, 0.2) is 36.4 Å². The summed E-state index contributed by atoms with van der Waals surface area (Å²) in [6.45, 7) is 2.14. The van der Waals surface area contributed by atoms with Crippen LogP contribution in [0.3, 0.4) is 0 Å². The average Bonchev–Trinajstić information content (AvgIpc) is 4.04. The van der Waals surface area contributed by atoms with Crippen molar-refractivity contribution in [2.75, 3.05) is 40.6 Å². The zero-order valence-electron chi connectivity index (χ0n) is 35.5. The lowest BCUT2D eigenvalue weighted by Crippen LogP contribution is -2.54. The quantitative estimate of drug-likeness (QED) is 0.139. The van der Waals surface area contributed by atoms with Gasteiger partial charge in [-0.25, -0.2) is 19.6 Å². The fourth-order valence-electron chi connectivity index (χ4n) is 10.5. The number of ether oxygens (including phenoxy) is 4. The number of amides is 4. The van der Waals surface area contributed by atoms with Crippen LogP contribution >= 0.6 is 23.2 Å². The summed E-state index contributed by atoms with van der Waals surface area (Å²) in [6.07, 6.45) is 4.75. The van der Waals surface area contributed by atoms with Crippen LogP contribution < -0.4 is 10.6 Å². The summed E-state index contributed by atoms with van der Waals surface area (Å²) in [5.74, 6) is 7.91. The second-order valence-corrected chi connectivity index (χ2v) is 18.6. The standard InChI is InChI=1S/C46H50Cl2N8O8/c1-61-45(59)51-37(24-9-13-63-14-10-24)43(57)55-32-19-29(32)21-34(55)41-49-31(39(47)53-41)8-4-23-3-5-27-18-28(7-6-26(27)17-23)36-40(48)54-42(50-36)35-22-30-20-33(30)56(35)44(58)38(52-46(60)62-2)25-11-15-64-16-12-25/h3,5-7,17-18,24-25,29-30,32-35,37-38H,9-16,19-22H2,1-2H3,(H,49,53)(H,50,54)(H,51,59)(H,52,60)/t29-,30-,32-,33-,34+,35+,37+,38+/m1/s1. The molecule has 4 aliphatic heterocycles. The first-order valence-electron chi connectivity index (χ1n) is 22.1. The van der Waals surface area contributed by atoms with E-state index >= 15 is 0 Å². The van der Waals surface area contributed by atoms with Gasteiger partial charge in [-0.05, 0) is 110 Å². The third kappa shape index (κ3) is 8.27. The van der Waals surface area contributed by atoms with E-state index in [0.29, 0.717) is 92.1 Å². The number of H-pyrrole nitrogens is 2. The van der Waals surface area contributed by atoms with Crippen LogP contribution in [-0.2, 0) is 28.5 Å². The average molecular weight is 914 g/mol. The number of hydrogen-bond acceptors (Lipinski definition) is 10. The SMILES string of the molecule is COC(=O)N[C@H](C(=O)N1[C@@H]2C[C@@H]2C[C@H]1c1nc(-c2ccc3cc(C#Cc4[nH]c([C@@H]5C[C@H]6C[C@H]6N5C(=O)[C@@H](NC(=O)OC)C5CCOCC5)nc4Cl)ccc3c2)c(Cl)[nH]1)C1CCOCC1. The first-order chi connectivity index (χ1) is 31.1. The molecule has 2 aromatic carbocycles. The number of benzene rings is 2. The van der Waals surface area contributed by atoms with Gasteiger partial charge in [0.1, 0.15) is 40.3 Å². The minimum atomic E-state index is -0.731. The highest BCUT2D eigenvalue weighted by Crippen LogP contribution is 2.55. The molecule has 0 spiro atoms. The number of piperidine rings is 2. The fraction of sp³-hybridized carbons (Fsp3) is 0.522. The molecule has 64 heavy (non-hydrogen) atoms. The molecule has 2 saturated carbocycles. The molecule has 10 rings (SSSR count). The predicted octanol–water partition coefficient (Wildman–Crippen LogP) is 6.29. The van der Waals surface area contributed by atoms with Gasteiger partial charge in [-0.1, -0.05) is 47.3 Å². The van der Waals surface area contributed by atoms with Gasteiger partial charge in [0, 0.05) is 49.6 Å². The Bertz CT molecular complexity index is 2540. The van der Waals surface area contributed by atoms with Crippen molar-refractivity contribution in [1.29, 1.82) is 0 Å². The molecular formula is C46H50Cl2N8O8. The third-order valence-electron chi connectivity index (χ3n) is 14.1. The molecule has 0 unspecified atom stereocenters. The lowest BCUT2D eigenvalue weighted by atomic mass is 9.90. The number of nitrogens with zero attached hydrogens (tertiary/aromatic N) is 4. The number of likely N-dealkylation sites (tertiary alicyclic amines) is 2. The lowest BCUT2D eigenvalue weighted by Gasteiger charge is -2.35. The van der Waals surface area contributed by atoms with E-state index in [1.165, 1.54) is 14.2 Å². The Morgan fingerprint density at radius 2 is 1.25 bits per heavy atom. The van der Waals surface area contributed by atoms with Crippen molar-refractivity contribution in [3.63, 3.8) is 0 Å². The largest absolute Gasteiger partial charge is 0.453 e. The Kier molecular flexibility index (Phi) is 11.7. The van der Waals surface area contributed by atoms with Crippen LogP contribution in [0.4, 0.5) is 9.59 Å². The normalized spacial score (nSPS) is 26.0. The highest BCUT2D eigenvalue weighted by atomic mass is 35.5. The molecule has 0 radical (unpaired) electrons. The van der Waals surface area contributed by atoms with E-state index in [1.807, 2.05) is 46.2 Å². The molecule has 336 valence electrons. The van der Waals surface area contributed by atoms with Crippen molar-refractivity contribution in [1.82, 2.24) is 40.4 Å². The van der Waals surface area contributed by atoms with Crippen LogP contribution in [0.2, 0.25) is 10.3 Å². The lowest BCUT2D eigenvalue weighted by molar-refractivity contribution is -0.138. The summed E-state index contributed by atoms with van der Waals surface area (Å²) < 4.78 is 20.9. The van der Waals surface area contributed by atoms with Crippen molar-refractivity contribution in [3.05, 3.63) is 69.6 Å². The van der Waals surface area contributed by atoms with E-state index < -0.39 is 24.3 Å². The van der Waals surface area contributed by atoms with E-state index in [2.05, 4.69) is 37.4 Å². The summed E-state index contributed by atoms with van der Waals surface area (Å²) in [5.41, 5.74) is 2.63. The molecule has 4 aromatic rings. The van der Waals surface area contributed by atoms with Crippen LogP contribution in [0, 0.1) is 35.5 Å². The van der Waals surface area contributed by atoms with Gasteiger partial charge in [0.25, 0.3) is 0 Å². The number of aromatic amines is 2. The Hall–Kier alpha value is -5.34. The Morgan fingerprint density at radius 3 is 1.81 bits per heavy atom. The summed E-state index contributed by atoms with van der Waals surface area (Å²) >= 11 is 13.5. The molecule has 6 heterocycles. The first kappa shape index (κ1) is 42.6. The maximum Gasteiger partial charge on any atom is 0.407 e. The number of carbonyl (C=O) groups is 4. The van der Waals surface area contributed by atoms with Crippen LogP contribution in [0.1, 0.15) is 86.4 Å². The third-order valence-corrected chi connectivity index (χ3v) is 14.6. The summed E-state index contributed by atoms with van der Waals surface area (Å²) in [6, 6.07) is 10.0. The number of methoxy groups -OCH3 is 2. The minimum absolute atomic E-state index is 0.0624. The molecule has 2 aromatic heterocycles. The zero-order valence-corrected chi connectivity index (χ0v) is 37.0. The second kappa shape index (κ2) is 17.6. The number of imidazole rings is 2. The molecule has 6 aliphatic rings. The van der Waals surface area contributed by atoms with Gasteiger partial charge in [0.15, 0.2) is 5.15 Å². The van der Waals surface area contributed by atoms with E-state index in [9.17, 15) is 19.2 Å². The van der Waals surface area contributed by atoms with Gasteiger partial charge in [-0.3, -0.25) is 9.59 Å². The molecule has 6 fully saturated rings. The zero-order chi connectivity index (χ0) is 44.2. The van der Waals surface area contributed by atoms with Gasteiger partial charge >= 0.3 is 12.2 Å². The molecular weight excluding hydrogens is 863 g/mol. The molecule has 2 aliphatic carbocycles. The number of aromatic nitrogens is 4. The van der Waals surface area contributed by atoms with Crippen LogP contribution in [-0.4, -0.2) is 119 Å². The molecule has 18 heteroatoms. The van der Waals surface area contributed by atoms with E-state index in [0.717, 1.165) is 47.6 Å². The van der Waals surface area contributed by atoms with Crippen molar-refractivity contribution >= 4 is 58.0 Å². The molecule has 0 bridgehead atoms. The van der Waals surface area contributed by atoms with Crippen molar-refractivity contribution < 1.29 is 38.1 Å². The van der Waals surface area contributed by atoms with Crippen molar-refractivity contribution in [2.24, 2.45) is 23.7 Å². The highest BCUT2D eigenvalue weighted by molar-refractivity contribution is 6.32. The molecule has 4 saturated heterocycles. The van der Waals surface area contributed by atoms with Gasteiger partial charge in [0.05, 0.1) is 26.3 Å². The maximum atomic E-state index is 14.3. The fourth-order valence-corrected chi connectivity index (χ4v) is 11.0. The minimum Gasteiger partial charge on any atom is -0.453 e. The molecule has 8 atom stereocenters. The number of alkyl carbamates (subject to hydrolysis) is 2. The Labute approximate surface area is 379 Å². The number of carbonyl (C=O) groups excluding carboxylic acids is 4. The van der Waals surface area contributed by atoms with Gasteiger partial charge in [-0.15, -0.1) is 0 Å². The molecule has 16 nitrogen and oxygen atoms in total. The monoisotopic (exact) mass is 912 g/mol. The summed E-state index contributed by atoms with van der Waals surface area (Å²) in [4.78, 5) is 73.3. The highest BCUT2D eigenvalue weighted by Gasteiger charge is 2.58. The molecule has 4 N–H and O–H groups in total. The van der Waals surface area contributed by atoms with Crippen molar-refractivity contribution in [2.45, 2.75) is 87.6 Å². The smallest absolute Gasteiger partial charge is 0.407 e. The topological polar surface area (TPSA) is 193 Å². The van der Waals surface area contributed by atoms with Gasteiger partial charge in [0.2, 0.25) is 11.8 Å². The Morgan fingerprint density at radius 1 is 0.719 bits per heavy atom. The molecule has 4 amide bonds. The van der Waals surface area contributed by atoms with Crippen LogP contribution in [0.5, 0.6) is 0 Å². The van der Waals surface area contributed by atoms with Gasteiger partial charge in [-0.2, -0.15) is 0 Å². The number of halogens is 2. The Balaban J connectivity index is 0.845. The first-order valence-corrected chi connectivity index (χ1v) is 22.9. The van der Waals surface area contributed by atoms with E-state index in [-0.39, 0.29) is 53.0 Å².